The summed E-state index contributed by atoms with van der Waals surface area (Å²) in [4.78, 5) is 26.2. The minimum Gasteiger partial charge on any atom is -0.480 e. The van der Waals surface area contributed by atoms with Crippen LogP contribution in [0.1, 0.15) is 11.1 Å². The van der Waals surface area contributed by atoms with Gasteiger partial charge < -0.3 is 19.1 Å². The number of ether oxygens (including phenoxy) is 2. The number of aromatic nitrogens is 1. The van der Waals surface area contributed by atoms with Crippen LogP contribution in [0.2, 0.25) is 30.7 Å². The number of anilines is 1. The number of carboxylic acid groups (broad SMARTS) is 1. The van der Waals surface area contributed by atoms with Crippen molar-refractivity contribution in [2.45, 2.75) is 25.7 Å². The van der Waals surface area contributed by atoms with E-state index in [0.717, 1.165) is 39.6 Å². The average Bonchev–Trinajstić information content (AvgIpc) is 3.48. The standard InChI is InChI=1S/C34H35ClN2O5Si/c1-36-14-13-23(20-36)17-29-28-18-27(30(35)19-31(28)37(34(29)40)21-33(38)39)25-11-9-24(10-12-25)26-7-5-6-8-32(26)42-22-41-15-16-43(2,3)4/h5-14,17-20H,15-16,21-22H2,1-4H3,(H,38,39)/b29-17-. The van der Waals surface area contributed by atoms with Crippen LogP contribution < -0.4 is 9.64 Å². The van der Waals surface area contributed by atoms with Crippen molar-refractivity contribution in [3.05, 3.63) is 95.3 Å². The van der Waals surface area contributed by atoms with Crippen molar-refractivity contribution >= 4 is 48.9 Å². The predicted octanol–water partition coefficient (Wildman–Crippen LogP) is 7.68. The van der Waals surface area contributed by atoms with Gasteiger partial charge in [-0.25, -0.2) is 0 Å². The molecule has 0 atom stereocenters. The van der Waals surface area contributed by atoms with Gasteiger partial charge in [0.25, 0.3) is 5.91 Å². The zero-order valence-corrected chi connectivity index (χ0v) is 26.5. The van der Waals surface area contributed by atoms with Gasteiger partial charge in [0.2, 0.25) is 0 Å². The number of amides is 1. The summed E-state index contributed by atoms with van der Waals surface area (Å²) in [7, 11) is 0.737. The van der Waals surface area contributed by atoms with Crippen LogP contribution in [0.4, 0.5) is 5.69 Å². The SMILES string of the molecule is Cn1ccc(/C=C2\C(=O)N(CC(=O)O)c3cc(Cl)c(-c4ccc(-c5ccccc5OCOCC[Si](C)(C)C)cc4)cc32)c1. The predicted molar refractivity (Wildman–Crippen MR) is 175 cm³/mol. The molecule has 1 amide bonds. The van der Waals surface area contributed by atoms with Gasteiger partial charge in [-0.3, -0.25) is 14.5 Å². The van der Waals surface area contributed by atoms with Gasteiger partial charge in [0, 0.05) is 56.4 Å². The van der Waals surface area contributed by atoms with Crippen LogP contribution in [0, 0.1) is 0 Å². The molecule has 1 aliphatic heterocycles. The topological polar surface area (TPSA) is 81.0 Å². The third kappa shape index (κ3) is 7.10. The van der Waals surface area contributed by atoms with Gasteiger partial charge in [0.05, 0.1) is 10.7 Å². The Bertz CT molecular complexity index is 1690. The van der Waals surface area contributed by atoms with E-state index in [1.807, 2.05) is 84.7 Å². The molecule has 5 rings (SSSR count). The lowest BCUT2D eigenvalue weighted by atomic mass is 9.96. The third-order valence-corrected chi connectivity index (χ3v) is 9.31. The second kappa shape index (κ2) is 12.6. The van der Waals surface area contributed by atoms with E-state index in [-0.39, 0.29) is 12.7 Å². The summed E-state index contributed by atoms with van der Waals surface area (Å²) in [5, 5.41) is 9.90. The zero-order valence-electron chi connectivity index (χ0n) is 24.8. The number of hydrogen-bond donors (Lipinski definition) is 1. The normalized spacial score (nSPS) is 13.9. The summed E-state index contributed by atoms with van der Waals surface area (Å²) in [5.41, 5.74) is 5.94. The Balaban J connectivity index is 1.43. The summed E-state index contributed by atoms with van der Waals surface area (Å²) < 4.78 is 13.6. The smallest absolute Gasteiger partial charge is 0.323 e. The summed E-state index contributed by atoms with van der Waals surface area (Å²) in [6.45, 7) is 7.39. The van der Waals surface area contributed by atoms with Crippen LogP contribution in [0.5, 0.6) is 5.75 Å². The number of halogens is 1. The van der Waals surface area contributed by atoms with Crippen LogP contribution in [-0.2, 0) is 21.4 Å². The molecule has 222 valence electrons. The highest BCUT2D eigenvalue weighted by Gasteiger charge is 2.34. The molecule has 2 heterocycles. The van der Waals surface area contributed by atoms with E-state index in [1.54, 1.807) is 12.1 Å². The highest BCUT2D eigenvalue weighted by atomic mass is 35.5. The van der Waals surface area contributed by atoms with Crippen LogP contribution in [0.15, 0.2) is 79.1 Å². The number of nitrogens with zero attached hydrogens (tertiary/aromatic N) is 2. The van der Waals surface area contributed by atoms with Crippen molar-refractivity contribution < 1.29 is 24.2 Å². The second-order valence-electron chi connectivity index (χ2n) is 11.9. The van der Waals surface area contributed by atoms with Gasteiger partial charge in [-0.15, -0.1) is 0 Å². The zero-order chi connectivity index (χ0) is 30.7. The number of para-hydroxylation sites is 1. The van der Waals surface area contributed by atoms with Gasteiger partial charge in [0.1, 0.15) is 12.3 Å². The van der Waals surface area contributed by atoms with E-state index in [1.165, 1.54) is 4.90 Å². The molecule has 0 saturated heterocycles. The fraction of sp³-hybridized carbons (Fsp3) is 0.235. The molecule has 3 aromatic carbocycles. The van der Waals surface area contributed by atoms with E-state index in [9.17, 15) is 14.7 Å². The first-order chi connectivity index (χ1) is 20.5. The molecule has 0 fully saturated rings. The molecule has 0 aliphatic carbocycles. The summed E-state index contributed by atoms with van der Waals surface area (Å²) in [6.07, 6.45) is 5.58. The van der Waals surface area contributed by atoms with Crippen LogP contribution in [0.3, 0.4) is 0 Å². The monoisotopic (exact) mass is 614 g/mol. The maximum absolute atomic E-state index is 13.4. The van der Waals surface area contributed by atoms with E-state index in [0.29, 0.717) is 28.5 Å². The molecule has 0 unspecified atom stereocenters. The van der Waals surface area contributed by atoms with Crippen molar-refractivity contribution in [3.8, 4) is 28.0 Å². The molecule has 0 radical (unpaired) electrons. The van der Waals surface area contributed by atoms with E-state index in [2.05, 4.69) is 19.6 Å². The van der Waals surface area contributed by atoms with Gasteiger partial charge >= 0.3 is 5.97 Å². The average molecular weight is 615 g/mol. The fourth-order valence-electron chi connectivity index (χ4n) is 5.00. The first-order valence-corrected chi connectivity index (χ1v) is 18.2. The summed E-state index contributed by atoms with van der Waals surface area (Å²) >= 11 is 6.76. The highest BCUT2D eigenvalue weighted by molar-refractivity contribution is 6.76. The lowest BCUT2D eigenvalue weighted by molar-refractivity contribution is -0.136. The lowest BCUT2D eigenvalue weighted by Crippen LogP contribution is -2.32. The Labute approximate surface area is 257 Å². The van der Waals surface area contributed by atoms with E-state index < -0.39 is 20.6 Å². The van der Waals surface area contributed by atoms with Crippen molar-refractivity contribution in [3.63, 3.8) is 0 Å². The largest absolute Gasteiger partial charge is 0.480 e. The van der Waals surface area contributed by atoms with Crippen molar-refractivity contribution in [2.75, 3.05) is 24.8 Å². The number of aliphatic carboxylic acids is 1. The number of carbonyl (C=O) groups excluding carboxylic acids is 1. The third-order valence-electron chi connectivity index (χ3n) is 7.29. The number of rotatable bonds is 11. The van der Waals surface area contributed by atoms with Crippen LogP contribution in [-0.4, -0.2) is 49.6 Å². The minimum absolute atomic E-state index is 0.195. The molecule has 0 saturated carbocycles. The van der Waals surface area contributed by atoms with Crippen molar-refractivity contribution in [2.24, 2.45) is 7.05 Å². The van der Waals surface area contributed by atoms with Gasteiger partial charge in [-0.2, -0.15) is 0 Å². The Morgan fingerprint density at radius 3 is 2.33 bits per heavy atom. The molecule has 9 heteroatoms. The number of benzene rings is 3. The van der Waals surface area contributed by atoms with Gasteiger partial charge in [-0.1, -0.05) is 73.7 Å². The fourth-order valence-corrected chi connectivity index (χ4v) is 6.03. The number of carboxylic acids is 1. The van der Waals surface area contributed by atoms with E-state index >= 15 is 0 Å². The molecule has 7 nitrogen and oxygen atoms in total. The Morgan fingerprint density at radius 2 is 1.67 bits per heavy atom. The molecule has 1 aliphatic rings. The van der Waals surface area contributed by atoms with Crippen LogP contribution in [0.25, 0.3) is 33.9 Å². The van der Waals surface area contributed by atoms with Gasteiger partial charge in [-0.05, 0) is 53.1 Å². The van der Waals surface area contributed by atoms with E-state index in [4.69, 9.17) is 21.1 Å². The maximum atomic E-state index is 13.4. The molecular formula is C34H35ClN2O5Si. The summed E-state index contributed by atoms with van der Waals surface area (Å²) in [6, 6.07) is 22.4. The quantitative estimate of drug-likeness (QED) is 0.0811. The first kappa shape index (κ1) is 30.3. The number of carbonyl (C=O) groups is 2. The molecule has 4 aromatic rings. The van der Waals surface area contributed by atoms with Crippen molar-refractivity contribution in [1.82, 2.24) is 4.57 Å². The number of hydrogen-bond acceptors (Lipinski definition) is 4. The Morgan fingerprint density at radius 1 is 0.977 bits per heavy atom. The molecule has 43 heavy (non-hydrogen) atoms. The number of aryl methyl sites for hydroxylation is 1. The Hall–Kier alpha value is -4.11. The number of fused-ring (bicyclic) bond motifs is 1. The molecule has 0 spiro atoms. The van der Waals surface area contributed by atoms with Gasteiger partial charge in [0.15, 0.2) is 6.79 Å². The van der Waals surface area contributed by atoms with Crippen LogP contribution >= 0.6 is 11.6 Å². The second-order valence-corrected chi connectivity index (χ2v) is 17.9. The maximum Gasteiger partial charge on any atom is 0.323 e. The lowest BCUT2D eigenvalue weighted by Gasteiger charge is -2.16. The Kier molecular flexibility index (Phi) is 8.91. The highest BCUT2D eigenvalue weighted by Crippen LogP contribution is 2.44. The molecule has 1 aromatic heterocycles. The first-order valence-electron chi connectivity index (χ1n) is 14.1. The molecular weight excluding hydrogens is 580 g/mol. The molecule has 1 N–H and O–H groups in total. The molecule has 0 bridgehead atoms. The summed E-state index contributed by atoms with van der Waals surface area (Å²) in [5.74, 6) is -0.726. The van der Waals surface area contributed by atoms with Crippen molar-refractivity contribution in [1.29, 1.82) is 0 Å². The minimum atomic E-state index is -1.16.